The molecule has 0 N–H and O–H groups in total. The van der Waals surface area contributed by atoms with Gasteiger partial charge in [-0.25, -0.2) is 0 Å². The zero-order valence-electron chi connectivity index (χ0n) is 12.3. The van der Waals surface area contributed by atoms with Gasteiger partial charge in [-0.1, -0.05) is 33.1 Å². The zero-order valence-corrected chi connectivity index (χ0v) is 12.3. The largest absolute Gasteiger partial charge is 0.466 e. The van der Waals surface area contributed by atoms with Crippen LogP contribution in [-0.4, -0.2) is 36.6 Å². The van der Waals surface area contributed by atoms with E-state index in [0.29, 0.717) is 25.0 Å². The second kappa shape index (κ2) is 8.52. The topological polar surface area (TPSA) is 29.5 Å². The third-order valence-corrected chi connectivity index (χ3v) is 4.16. The van der Waals surface area contributed by atoms with Crippen LogP contribution in [0.2, 0.25) is 0 Å². The first-order chi connectivity index (χ1) is 8.72. The first-order valence-corrected chi connectivity index (χ1v) is 7.62. The van der Waals surface area contributed by atoms with Gasteiger partial charge in [0.25, 0.3) is 0 Å². The van der Waals surface area contributed by atoms with Crippen molar-refractivity contribution >= 4 is 5.97 Å². The molecule has 0 aromatic rings. The highest BCUT2D eigenvalue weighted by Gasteiger charge is 2.29. The van der Waals surface area contributed by atoms with E-state index >= 15 is 0 Å². The monoisotopic (exact) mass is 255 g/mol. The van der Waals surface area contributed by atoms with Crippen molar-refractivity contribution in [1.29, 1.82) is 0 Å². The first kappa shape index (κ1) is 15.5. The number of hydrogen-bond acceptors (Lipinski definition) is 3. The molecule has 0 aromatic carbocycles. The van der Waals surface area contributed by atoms with Gasteiger partial charge in [0.15, 0.2) is 0 Å². The summed E-state index contributed by atoms with van der Waals surface area (Å²) in [4.78, 5) is 14.2. The van der Waals surface area contributed by atoms with Gasteiger partial charge in [0.05, 0.1) is 13.0 Å². The van der Waals surface area contributed by atoms with Gasteiger partial charge in [-0.15, -0.1) is 0 Å². The number of carbonyl (C=O) groups is 1. The average Bonchev–Trinajstić information content (AvgIpc) is 2.40. The Morgan fingerprint density at radius 1 is 1.17 bits per heavy atom. The van der Waals surface area contributed by atoms with Crippen molar-refractivity contribution in [3.8, 4) is 0 Å². The van der Waals surface area contributed by atoms with Crippen molar-refractivity contribution in [2.75, 3.05) is 19.7 Å². The third kappa shape index (κ3) is 4.60. The van der Waals surface area contributed by atoms with Crippen LogP contribution in [0, 0.1) is 5.92 Å². The number of hydrogen-bond donors (Lipinski definition) is 0. The molecular weight excluding hydrogens is 226 g/mol. The molecule has 0 bridgehead atoms. The van der Waals surface area contributed by atoms with Gasteiger partial charge in [0.1, 0.15) is 0 Å². The van der Waals surface area contributed by atoms with E-state index in [1.54, 1.807) is 0 Å². The molecule has 0 spiro atoms. The van der Waals surface area contributed by atoms with Crippen molar-refractivity contribution in [2.45, 2.75) is 65.3 Å². The van der Waals surface area contributed by atoms with Crippen molar-refractivity contribution < 1.29 is 9.53 Å². The van der Waals surface area contributed by atoms with Gasteiger partial charge in [-0.2, -0.15) is 0 Å². The highest BCUT2D eigenvalue weighted by Crippen LogP contribution is 2.30. The molecule has 1 atom stereocenters. The van der Waals surface area contributed by atoms with Crippen molar-refractivity contribution in [3.05, 3.63) is 0 Å². The minimum Gasteiger partial charge on any atom is -0.466 e. The molecule has 1 rings (SSSR count). The fourth-order valence-electron chi connectivity index (χ4n) is 3.20. The van der Waals surface area contributed by atoms with E-state index in [2.05, 4.69) is 18.7 Å². The molecule has 0 saturated heterocycles. The SMILES string of the molecule is CCOC(=O)CC(C1CCCCC1)N(CC)CC. The van der Waals surface area contributed by atoms with E-state index in [4.69, 9.17) is 4.74 Å². The molecule has 1 saturated carbocycles. The Labute approximate surface area is 112 Å². The lowest BCUT2D eigenvalue weighted by molar-refractivity contribution is -0.145. The summed E-state index contributed by atoms with van der Waals surface area (Å²) in [6, 6.07) is 0.388. The number of carbonyl (C=O) groups excluding carboxylic acids is 1. The maximum atomic E-state index is 11.8. The molecule has 18 heavy (non-hydrogen) atoms. The molecule has 1 fully saturated rings. The lowest BCUT2D eigenvalue weighted by atomic mass is 9.82. The summed E-state index contributed by atoms with van der Waals surface area (Å²) in [5.74, 6) is 0.656. The van der Waals surface area contributed by atoms with Gasteiger partial charge in [0, 0.05) is 6.04 Å². The van der Waals surface area contributed by atoms with Gasteiger partial charge in [0.2, 0.25) is 0 Å². The normalized spacial score (nSPS) is 18.9. The lowest BCUT2D eigenvalue weighted by Crippen LogP contribution is -2.43. The second-order valence-corrected chi connectivity index (χ2v) is 5.20. The minimum atomic E-state index is -0.0278. The average molecular weight is 255 g/mol. The summed E-state index contributed by atoms with van der Waals surface area (Å²) in [5, 5.41) is 0. The Balaban J connectivity index is 2.63. The van der Waals surface area contributed by atoms with Crippen LogP contribution >= 0.6 is 0 Å². The van der Waals surface area contributed by atoms with Gasteiger partial charge >= 0.3 is 5.97 Å². The number of rotatable bonds is 7. The molecule has 3 heteroatoms. The second-order valence-electron chi connectivity index (χ2n) is 5.20. The van der Waals surface area contributed by atoms with Crippen LogP contribution in [0.15, 0.2) is 0 Å². The number of esters is 1. The van der Waals surface area contributed by atoms with Crippen LogP contribution in [0.5, 0.6) is 0 Å². The maximum absolute atomic E-state index is 11.8. The van der Waals surface area contributed by atoms with Crippen molar-refractivity contribution in [3.63, 3.8) is 0 Å². The van der Waals surface area contributed by atoms with Gasteiger partial charge in [-0.3, -0.25) is 4.79 Å². The predicted octanol–water partition coefficient (Wildman–Crippen LogP) is 3.23. The van der Waals surface area contributed by atoms with E-state index in [-0.39, 0.29) is 5.97 Å². The van der Waals surface area contributed by atoms with E-state index in [0.717, 1.165) is 13.1 Å². The first-order valence-electron chi connectivity index (χ1n) is 7.62. The van der Waals surface area contributed by atoms with Crippen molar-refractivity contribution in [1.82, 2.24) is 4.90 Å². The summed E-state index contributed by atoms with van der Waals surface area (Å²) >= 11 is 0. The van der Waals surface area contributed by atoms with Crippen LogP contribution in [0.1, 0.15) is 59.3 Å². The standard InChI is InChI=1S/C15H29NO2/c1-4-16(5-2)14(12-15(17)18-6-3)13-10-8-7-9-11-13/h13-14H,4-12H2,1-3H3. The fourth-order valence-corrected chi connectivity index (χ4v) is 3.20. The molecule has 3 nitrogen and oxygen atoms in total. The Kier molecular flexibility index (Phi) is 7.33. The number of ether oxygens (including phenoxy) is 1. The van der Waals surface area contributed by atoms with E-state index in [1.807, 2.05) is 6.92 Å². The van der Waals surface area contributed by atoms with Gasteiger partial charge in [-0.05, 0) is 38.8 Å². The maximum Gasteiger partial charge on any atom is 0.307 e. The Morgan fingerprint density at radius 2 is 1.78 bits per heavy atom. The van der Waals surface area contributed by atoms with Crippen molar-refractivity contribution in [2.24, 2.45) is 5.92 Å². The molecule has 1 unspecified atom stereocenters. The summed E-state index contributed by atoms with van der Waals surface area (Å²) in [6.45, 7) is 8.79. The quantitative estimate of drug-likeness (QED) is 0.654. The predicted molar refractivity (Wildman–Crippen MR) is 74.5 cm³/mol. The molecular formula is C15H29NO2. The van der Waals surface area contributed by atoms with Crippen LogP contribution in [0.4, 0.5) is 0 Å². The summed E-state index contributed by atoms with van der Waals surface area (Å²) in [6.07, 6.45) is 7.14. The van der Waals surface area contributed by atoms with E-state index in [1.165, 1.54) is 32.1 Å². The smallest absolute Gasteiger partial charge is 0.307 e. The Morgan fingerprint density at radius 3 is 2.28 bits per heavy atom. The zero-order chi connectivity index (χ0) is 13.4. The minimum absolute atomic E-state index is 0.0278. The molecule has 0 aromatic heterocycles. The van der Waals surface area contributed by atoms with E-state index < -0.39 is 0 Å². The molecule has 1 aliphatic rings. The molecule has 0 amide bonds. The van der Waals surface area contributed by atoms with Gasteiger partial charge < -0.3 is 9.64 Å². The highest BCUT2D eigenvalue weighted by molar-refractivity contribution is 5.70. The molecule has 0 heterocycles. The highest BCUT2D eigenvalue weighted by atomic mass is 16.5. The molecule has 0 aliphatic heterocycles. The van der Waals surface area contributed by atoms with E-state index in [9.17, 15) is 4.79 Å². The summed E-state index contributed by atoms with van der Waals surface area (Å²) < 4.78 is 5.14. The Bertz CT molecular complexity index is 233. The summed E-state index contributed by atoms with van der Waals surface area (Å²) in [7, 11) is 0. The fraction of sp³-hybridized carbons (Fsp3) is 0.933. The van der Waals surface area contributed by atoms with Crippen LogP contribution in [0.3, 0.4) is 0 Å². The molecule has 1 aliphatic carbocycles. The molecule has 0 radical (unpaired) electrons. The third-order valence-electron chi connectivity index (χ3n) is 4.16. The lowest BCUT2D eigenvalue weighted by Gasteiger charge is -2.37. The number of nitrogens with zero attached hydrogens (tertiary/aromatic N) is 1. The van der Waals surface area contributed by atoms with Crippen LogP contribution in [0.25, 0.3) is 0 Å². The Hall–Kier alpha value is -0.570. The summed E-state index contributed by atoms with van der Waals surface area (Å²) in [5.41, 5.74) is 0. The molecule has 106 valence electrons. The van der Waals surface area contributed by atoms with Crippen LogP contribution < -0.4 is 0 Å². The van der Waals surface area contributed by atoms with Crippen LogP contribution in [-0.2, 0) is 9.53 Å².